The first-order valence-electron chi connectivity index (χ1n) is 7.59. The van der Waals surface area contributed by atoms with Gasteiger partial charge in [0.1, 0.15) is 0 Å². The summed E-state index contributed by atoms with van der Waals surface area (Å²) < 4.78 is 10.8. The Balaban J connectivity index is 1.55. The molecule has 1 aromatic rings. The van der Waals surface area contributed by atoms with Crippen LogP contribution in [0.3, 0.4) is 0 Å². The van der Waals surface area contributed by atoms with Crippen LogP contribution in [0.25, 0.3) is 0 Å². The minimum absolute atomic E-state index is 0.0101. The lowest BCUT2D eigenvalue weighted by Crippen LogP contribution is -2.45. The fraction of sp³-hybridized carbons (Fsp3) is 0.562. The van der Waals surface area contributed by atoms with E-state index < -0.39 is 0 Å². The Morgan fingerprint density at radius 1 is 1.24 bits per heavy atom. The quantitative estimate of drug-likeness (QED) is 0.890. The molecule has 0 saturated heterocycles. The summed E-state index contributed by atoms with van der Waals surface area (Å²) in [4.78, 5) is 12.1. The predicted molar refractivity (Wildman–Crippen MR) is 79.0 cm³/mol. The SMILES string of the molecule is NC1(CC(=O)NCc2cccc3c2OCO3)CCCCC1. The van der Waals surface area contributed by atoms with Crippen molar-refractivity contribution in [2.24, 2.45) is 5.73 Å². The van der Waals surface area contributed by atoms with Crippen molar-refractivity contribution in [1.82, 2.24) is 5.32 Å². The molecular weight excluding hydrogens is 268 g/mol. The topological polar surface area (TPSA) is 73.6 Å². The molecule has 21 heavy (non-hydrogen) atoms. The molecule has 5 heteroatoms. The highest BCUT2D eigenvalue weighted by molar-refractivity contribution is 5.77. The molecule has 1 aliphatic carbocycles. The first-order chi connectivity index (χ1) is 10.2. The van der Waals surface area contributed by atoms with Gasteiger partial charge in [0, 0.05) is 24.1 Å². The molecule has 2 aliphatic rings. The second kappa shape index (κ2) is 5.93. The number of nitrogens with one attached hydrogen (secondary N) is 1. The summed E-state index contributed by atoms with van der Waals surface area (Å²) in [6.45, 7) is 0.688. The molecule has 0 bridgehead atoms. The van der Waals surface area contributed by atoms with Crippen molar-refractivity contribution in [2.45, 2.75) is 50.6 Å². The average molecular weight is 290 g/mol. The molecule has 5 nitrogen and oxygen atoms in total. The average Bonchev–Trinajstić information content (AvgIpc) is 2.94. The summed E-state index contributed by atoms with van der Waals surface area (Å²) in [6, 6.07) is 5.71. The Hall–Kier alpha value is -1.75. The van der Waals surface area contributed by atoms with Crippen LogP contribution in [-0.2, 0) is 11.3 Å². The largest absolute Gasteiger partial charge is 0.454 e. The number of hydrogen-bond acceptors (Lipinski definition) is 4. The van der Waals surface area contributed by atoms with Gasteiger partial charge in [-0.3, -0.25) is 4.79 Å². The summed E-state index contributed by atoms with van der Waals surface area (Å²) in [5.74, 6) is 1.48. The number of carbonyl (C=O) groups excluding carboxylic acids is 1. The molecule has 1 saturated carbocycles. The van der Waals surface area contributed by atoms with Gasteiger partial charge in [-0.15, -0.1) is 0 Å². The summed E-state index contributed by atoms with van der Waals surface area (Å²) in [6.07, 6.45) is 5.77. The molecule has 0 unspecified atom stereocenters. The normalized spacial score (nSPS) is 19.3. The van der Waals surface area contributed by atoms with Crippen LogP contribution in [0, 0.1) is 0 Å². The zero-order valence-electron chi connectivity index (χ0n) is 12.2. The first kappa shape index (κ1) is 14.2. The van der Waals surface area contributed by atoms with Gasteiger partial charge in [-0.05, 0) is 18.9 Å². The maximum atomic E-state index is 12.1. The number of para-hydroxylation sites is 1. The standard InChI is InChI=1S/C16H22N2O3/c17-16(7-2-1-3-8-16)9-14(19)18-10-12-5-4-6-13-15(12)21-11-20-13/h4-6H,1-3,7-11,17H2,(H,18,19). The van der Waals surface area contributed by atoms with E-state index in [-0.39, 0.29) is 18.2 Å². The van der Waals surface area contributed by atoms with E-state index in [0.717, 1.165) is 42.7 Å². The predicted octanol–water partition coefficient (Wildman–Crippen LogP) is 2.08. The second-order valence-electron chi connectivity index (χ2n) is 6.03. The number of rotatable bonds is 4. The van der Waals surface area contributed by atoms with Crippen LogP contribution in [0.1, 0.15) is 44.1 Å². The highest BCUT2D eigenvalue weighted by Gasteiger charge is 2.30. The third kappa shape index (κ3) is 3.29. The zero-order chi connectivity index (χ0) is 14.7. The third-order valence-electron chi connectivity index (χ3n) is 4.32. The Bertz CT molecular complexity index is 524. The van der Waals surface area contributed by atoms with Crippen LogP contribution in [0.4, 0.5) is 0 Å². The van der Waals surface area contributed by atoms with Gasteiger partial charge in [-0.2, -0.15) is 0 Å². The van der Waals surface area contributed by atoms with E-state index >= 15 is 0 Å². The molecule has 0 aromatic heterocycles. The molecule has 1 fully saturated rings. The van der Waals surface area contributed by atoms with Gasteiger partial charge in [0.05, 0.1) is 0 Å². The first-order valence-corrected chi connectivity index (χ1v) is 7.59. The Morgan fingerprint density at radius 2 is 2.05 bits per heavy atom. The van der Waals surface area contributed by atoms with Crippen molar-refractivity contribution < 1.29 is 14.3 Å². The molecule has 3 rings (SSSR count). The number of benzene rings is 1. The molecular formula is C16H22N2O3. The van der Waals surface area contributed by atoms with Crippen LogP contribution in [-0.4, -0.2) is 18.2 Å². The molecule has 0 atom stereocenters. The second-order valence-corrected chi connectivity index (χ2v) is 6.03. The van der Waals surface area contributed by atoms with Gasteiger partial charge in [-0.1, -0.05) is 31.4 Å². The van der Waals surface area contributed by atoms with Gasteiger partial charge in [0.25, 0.3) is 0 Å². The lowest BCUT2D eigenvalue weighted by Gasteiger charge is -2.32. The number of amides is 1. The van der Waals surface area contributed by atoms with E-state index in [1.165, 1.54) is 6.42 Å². The van der Waals surface area contributed by atoms with E-state index in [1.54, 1.807) is 0 Å². The maximum absolute atomic E-state index is 12.1. The lowest BCUT2D eigenvalue weighted by molar-refractivity contribution is -0.122. The summed E-state index contributed by atoms with van der Waals surface area (Å²) >= 11 is 0. The Labute approximate surface area is 124 Å². The van der Waals surface area contributed by atoms with Crippen molar-refractivity contribution in [1.29, 1.82) is 0 Å². The summed E-state index contributed by atoms with van der Waals surface area (Å²) in [5.41, 5.74) is 6.93. The minimum atomic E-state index is -0.319. The van der Waals surface area contributed by atoms with Crippen molar-refractivity contribution in [2.75, 3.05) is 6.79 Å². The van der Waals surface area contributed by atoms with Crippen LogP contribution in [0.15, 0.2) is 18.2 Å². The summed E-state index contributed by atoms with van der Waals surface area (Å²) in [5, 5.41) is 2.95. The number of fused-ring (bicyclic) bond motifs is 1. The number of ether oxygens (including phenoxy) is 2. The molecule has 1 aliphatic heterocycles. The minimum Gasteiger partial charge on any atom is -0.454 e. The van der Waals surface area contributed by atoms with Crippen molar-refractivity contribution in [3.05, 3.63) is 23.8 Å². The van der Waals surface area contributed by atoms with Crippen molar-refractivity contribution >= 4 is 5.91 Å². The van der Waals surface area contributed by atoms with Crippen LogP contribution in [0.5, 0.6) is 11.5 Å². The van der Waals surface area contributed by atoms with Crippen LogP contribution in [0.2, 0.25) is 0 Å². The van der Waals surface area contributed by atoms with E-state index in [4.69, 9.17) is 15.2 Å². The molecule has 114 valence electrons. The highest BCUT2D eigenvalue weighted by atomic mass is 16.7. The lowest BCUT2D eigenvalue weighted by atomic mass is 9.80. The zero-order valence-corrected chi connectivity index (χ0v) is 12.2. The molecule has 1 aromatic carbocycles. The monoisotopic (exact) mass is 290 g/mol. The fourth-order valence-electron chi connectivity index (χ4n) is 3.14. The molecule has 1 amide bonds. The Kier molecular flexibility index (Phi) is 4.01. The van der Waals surface area contributed by atoms with E-state index in [1.807, 2.05) is 18.2 Å². The van der Waals surface area contributed by atoms with E-state index in [0.29, 0.717) is 13.0 Å². The van der Waals surface area contributed by atoms with Crippen molar-refractivity contribution in [3.8, 4) is 11.5 Å². The van der Waals surface area contributed by atoms with Gasteiger partial charge in [0.2, 0.25) is 12.7 Å². The van der Waals surface area contributed by atoms with E-state index in [9.17, 15) is 4.79 Å². The van der Waals surface area contributed by atoms with Crippen LogP contribution >= 0.6 is 0 Å². The number of carbonyl (C=O) groups is 1. The molecule has 0 spiro atoms. The molecule has 0 radical (unpaired) electrons. The van der Waals surface area contributed by atoms with Crippen LogP contribution < -0.4 is 20.5 Å². The number of nitrogens with two attached hydrogens (primary N) is 1. The maximum Gasteiger partial charge on any atom is 0.231 e. The van der Waals surface area contributed by atoms with Gasteiger partial charge in [-0.25, -0.2) is 0 Å². The third-order valence-corrected chi connectivity index (χ3v) is 4.32. The fourth-order valence-corrected chi connectivity index (χ4v) is 3.14. The highest BCUT2D eigenvalue weighted by Crippen LogP contribution is 2.35. The number of hydrogen-bond donors (Lipinski definition) is 2. The van der Waals surface area contributed by atoms with Crippen molar-refractivity contribution in [3.63, 3.8) is 0 Å². The van der Waals surface area contributed by atoms with Gasteiger partial charge < -0.3 is 20.5 Å². The molecule has 3 N–H and O–H groups in total. The van der Waals surface area contributed by atoms with Gasteiger partial charge in [0.15, 0.2) is 11.5 Å². The summed E-state index contributed by atoms with van der Waals surface area (Å²) in [7, 11) is 0. The van der Waals surface area contributed by atoms with Gasteiger partial charge >= 0.3 is 0 Å². The Morgan fingerprint density at radius 3 is 2.86 bits per heavy atom. The van der Waals surface area contributed by atoms with E-state index in [2.05, 4.69) is 5.32 Å². The smallest absolute Gasteiger partial charge is 0.231 e. The molecule has 1 heterocycles.